The normalized spacial score (nSPS) is 11.2. The zero-order valence-corrected chi connectivity index (χ0v) is 14.8. The van der Waals surface area contributed by atoms with Crippen LogP contribution >= 0.6 is 0 Å². The first-order valence-electron chi connectivity index (χ1n) is 8.48. The standard InChI is InChI=1S/C18H21N5O3/c1-3-23(9-8-17(24)20-15-10-12(2)26-22-15)11-16-19-14-7-5-4-6-13(14)18(25)21-16/h4-7,10H,3,8-9,11H2,1-2H3,(H,19,21,25)(H,20,22,24). The average Bonchev–Trinajstić information content (AvgIpc) is 3.03. The molecule has 0 fully saturated rings. The lowest BCUT2D eigenvalue weighted by molar-refractivity contribution is -0.116. The summed E-state index contributed by atoms with van der Waals surface area (Å²) >= 11 is 0. The largest absolute Gasteiger partial charge is 0.360 e. The highest BCUT2D eigenvalue weighted by atomic mass is 16.5. The zero-order chi connectivity index (χ0) is 18.5. The number of aromatic nitrogens is 3. The van der Waals surface area contributed by atoms with Gasteiger partial charge < -0.3 is 14.8 Å². The first-order chi connectivity index (χ1) is 12.5. The summed E-state index contributed by atoms with van der Waals surface area (Å²) in [5, 5.41) is 7.01. The maximum Gasteiger partial charge on any atom is 0.258 e. The maximum atomic E-state index is 12.1. The third kappa shape index (κ3) is 4.34. The van der Waals surface area contributed by atoms with Crippen molar-refractivity contribution in [3.63, 3.8) is 0 Å². The van der Waals surface area contributed by atoms with Gasteiger partial charge in [0.2, 0.25) is 5.91 Å². The van der Waals surface area contributed by atoms with Crippen molar-refractivity contribution in [2.75, 3.05) is 18.4 Å². The molecular formula is C18H21N5O3. The summed E-state index contributed by atoms with van der Waals surface area (Å²) in [7, 11) is 0. The molecule has 3 aromatic rings. The Hall–Kier alpha value is -3.00. The Morgan fingerprint density at radius 1 is 1.35 bits per heavy atom. The summed E-state index contributed by atoms with van der Waals surface area (Å²) in [6, 6.07) is 8.90. The first kappa shape index (κ1) is 17.8. The van der Waals surface area contributed by atoms with Crippen LogP contribution in [0.15, 0.2) is 39.6 Å². The van der Waals surface area contributed by atoms with Crippen molar-refractivity contribution >= 4 is 22.6 Å². The van der Waals surface area contributed by atoms with Crippen LogP contribution in [0.1, 0.15) is 24.9 Å². The Balaban J connectivity index is 1.60. The fourth-order valence-electron chi connectivity index (χ4n) is 2.66. The Bertz CT molecular complexity index is 963. The highest BCUT2D eigenvalue weighted by molar-refractivity contribution is 5.89. The number of rotatable bonds is 7. The van der Waals surface area contributed by atoms with E-state index < -0.39 is 0 Å². The lowest BCUT2D eigenvalue weighted by atomic mass is 10.2. The van der Waals surface area contributed by atoms with Gasteiger partial charge in [-0.25, -0.2) is 4.98 Å². The monoisotopic (exact) mass is 355 g/mol. The molecule has 0 saturated carbocycles. The molecule has 136 valence electrons. The fraction of sp³-hybridized carbons (Fsp3) is 0.333. The number of nitrogens with zero attached hydrogens (tertiary/aromatic N) is 3. The van der Waals surface area contributed by atoms with E-state index in [1.54, 1.807) is 19.1 Å². The second kappa shape index (κ2) is 7.92. The van der Waals surface area contributed by atoms with E-state index in [4.69, 9.17) is 4.52 Å². The number of hydrogen-bond acceptors (Lipinski definition) is 6. The van der Waals surface area contributed by atoms with Crippen molar-refractivity contribution in [3.05, 3.63) is 52.3 Å². The fourth-order valence-corrected chi connectivity index (χ4v) is 2.66. The number of anilines is 1. The predicted octanol–water partition coefficient (Wildman–Crippen LogP) is 2.07. The number of carbonyl (C=O) groups excluding carboxylic acids is 1. The van der Waals surface area contributed by atoms with Crippen molar-refractivity contribution < 1.29 is 9.32 Å². The molecule has 26 heavy (non-hydrogen) atoms. The quantitative estimate of drug-likeness (QED) is 0.672. The van der Waals surface area contributed by atoms with Gasteiger partial charge in [0.1, 0.15) is 11.6 Å². The molecule has 3 rings (SSSR count). The topological polar surface area (TPSA) is 104 Å². The average molecular weight is 355 g/mol. The smallest absolute Gasteiger partial charge is 0.258 e. The van der Waals surface area contributed by atoms with Gasteiger partial charge in [0.25, 0.3) is 5.56 Å². The van der Waals surface area contributed by atoms with Crippen LogP contribution in [0.4, 0.5) is 5.82 Å². The van der Waals surface area contributed by atoms with E-state index in [1.165, 1.54) is 0 Å². The van der Waals surface area contributed by atoms with Crippen LogP contribution in [0.2, 0.25) is 0 Å². The minimum atomic E-state index is -0.152. The van der Waals surface area contributed by atoms with Gasteiger partial charge in [-0.05, 0) is 25.6 Å². The van der Waals surface area contributed by atoms with Crippen LogP contribution in [-0.4, -0.2) is 39.0 Å². The lowest BCUT2D eigenvalue weighted by Gasteiger charge is -2.19. The van der Waals surface area contributed by atoms with Gasteiger partial charge in [-0.1, -0.05) is 24.2 Å². The SMILES string of the molecule is CCN(CCC(=O)Nc1cc(C)on1)Cc1nc2ccccc2c(=O)[nH]1. The van der Waals surface area contributed by atoms with Gasteiger partial charge in [0.05, 0.1) is 17.4 Å². The van der Waals surface area contributed by atoms with E-state index in [0.717, 1.165) is 6.54 Å². The van der Waals surface area contributed by atoms with Gasteiger partial charge in [0, 0.05) is 19.0 Å². The van der Waals surface area contributed by atoms with E-state index >= 15 is 0 Å². The number of para-hydroxylation sites is 1. The molecule has 0 bridgehead atoms. The molecule has 1 aromatic carbocycles. The molecule has 0 aliphatic carbocycles. The van der Waals surface area contributed by atoms with Crippen LogP contribution in [0.25, 0.3) is 10.9 Å². The summed E-state index contributed by atoms with van der Waals surface area (Å²) in [6.45, 7) is 5.49. The van der Waals surface area contributed by atoms with Crippen molar-refractivity contribution in [1.82, 2.24) is 20.0 Å². The molecule has 8 nitrogen and oxygen atoms in total. The molecule has 0 spiro atoms. The van der Waals surface area contributed by atoms with Crippen LogP contribution in [-0.2, 0) is 11.3 Å². The summed E-state index contributed by atoms with van der Waals surface area (Å²) in [4.78, 5) is 33.5. The van der Waals surface area contributed by atoms with E-state index in [1.807, 2.05) is 30.0 Å². The second-order valence-corrected chi connectivity index (χ2v) is 6.02. The third-order valence-electron chi connectivity index (χ3n) is 4.03. The molecule has 2 heterocycles. The van der Waals surface area contributed by atoms with E-state index in [9.17, 15) is 9.59 Å². The Morgan fingerprint density at radius 2 is 2.15 bits per heavy atom. The van der Waals surface area contributed by atoms with E-state index in [0.29, 0.717) is 47.8 Å². The summed E-state index contributed by atoms with van der Waals surface area (Å²) in [5.41, 5.74) is 0.516. The van der Waals surface area contributed by atoms with Crippen molar-refractivity contribution in [2.45, 2.75) is 26.8 Å². The molecule has 2 aromatic heterocycles. The maximum absolute atomic E-state index is 12.1. The Labute approximate surface area is 150 Å². The number of nitrogens with one attached hydrogen (secondary N) is 2. The molecule has 0 aliphatic rings. The third-order valence-corrected chi connectivity index (χ3v) is 4.03. The molecule has 1 amide bonds. The number of carbonyl (C=O) groups is 1. The van der Waals surface area contributed by atoms with Gasteiger partial charge >= 0.3 is 0 Å². The minimum Gasteiger partial charge on any atom is -0.360 e. The van der Waals surface area contributed by atoms with Gasteiger partial charge in [-0.2, -0.15) is 0 Å². The predicted molar refractivity (Wildman–Crippen MR) is 97.8 cm³/mol. The summed E-state index contributed by atoms with van der Waals surface area (Å²) in [6.07, 6.45) is 0.303. The van der Waals surface area contributed by atoms with Gasteiger partial charge in [-0.15, -0.1) is 0 Å². The zero-order valence-electron chi connectivity index (χ0n) is 14.8. The van der Waals surface area contributed by atoms with Gasteiger partial charge in [0.15, 0.2) is 5.82 Å². The number of fused-ring (bicyclic) bond motifs is 1. The number of aryl methyl sites for hydroxylation is 1. The number of aromatic amines is 1. The summed E-state index contributed by atoms with van der Waals surface area (Å²) < 4.78 is 4.92. The molecule has 8 heteroatoms. The van der Waals surface area contributed by atoms with Crippen LogP contribution in [0.5, 0.6) is 0 Å². The molecule has 0 atom stereocenters. The van der Waals surface area contributed by atoms with Crippen LogP contribution < -0.4 is 10.9 Å². The molecular weight excluding hydrogens is 334 g/mol. The minimum absolute atomic E-state index is 0.142. The highest BCUT2D eigenvalue weighted by Gasteiger charge is 2.11. The Kier molecular flexibility index (Phi) is 5.43. The van der Waals surface area contributed by atoms with E-state index in [-0.39, 0.29) is 11.5 Å². The van der Waals surface area contributed by atoms with Crippen LogP contribution in [0.3, 0.4) is 0 Å². The number of H-pyrrole nitrogens is 1. The number of amides is 1. The van der Waals surface area contributed by atoms with E-state index in [2.05, 4.69) is 20.4 Å². The molecule has 0 radical (unpaired) electrons. The van der Waals surface area contributed by atoms with Gasteiger partial charge in [-0.3, -0.25) is 14.5 Å². The number of benzene rings is 1. The first-order valence-corrected chi connectivity index (χ1v) is 8.48. The molecule has 0 saturated heterocycles. The highest BCUT2D eigenvalue weighted by Crippen LogP contribution is 2.09. The Morgan fingerprint density at radius 3 is 2.88 bits per heavy atom. The molecule has 0 unspecified atom stereocenters. The summed E-state index contributed by atoms with van der Waals surface area (Å²) in [5.74, 6) is 1.50. The van der Waals surface area contributed by atoms with Crippen molar-refractivity contribution in [3.8, 4) is 0 Å². The number of hydrogen-bond donors (Lipinski definition) is 2. The van der Waals surface area contributed by atoms with Crippen molar-refractivity contribution in [2.24, 2.45) is 0 Å². The van der Waals surface area contributed by atoms with Crippen molar-refractivity contribution in [1.29, 1.82) is 0 Å². The molecule has 2 N–H and O–H groups in total. The molecule has 0 aliphatic heterocycles. The van der Waals surface area contributed by atoms with Crippen LogP contribution in [0, 0.1) is 6.92 Å². The lowest BCUT2D eigenvalue weighted by Crippen LogP contribution is -2.29. The second-order valence-electron chi connectivity index (χ2n) is 6.02.